The summed E-state index contributed by atoms with van der Waals surface area (Å²) in [5.41, 5.74) is 0.732. The lowest BCUT2D eigenvalue weighted by Crippen LogP contribution is -2.24. The van der Waals surface area contributed by atoms with Gasteiger partial charge < -0.3 is 10.1 Å². The molecule has 2 aromatic rings. The molecule has 0 saturated carbocycles. The second-order valence-electron chi connectivity index (χ2n) is 5.00. The van der Waals surface area contributed by atoms with Crippen molar-refractivity contribution in [1.82, 2.24) is 5.32 Å². The van der Waals surface area contributed by atoms with E-state index in [4.69, 9.17) is 4.74 Å². The number of carbonyl (C=O) groups is 1. The van der Waals surface area contributed by atoms with Crippen LogP contribution >= 0.6 is 0 Å². The number of benzene rings is 2. The topological polar surface area (TPSA) is 81.5 Å². The van der Waals surface area contributed by atoms with E-state index in [1.807, 2.05) is 30.3 Å². The molecule has 128 valence electrons. The average Bonchev–Trinajstić information content (AvgIpc) is 2.60. The van der Waals surface area contributed by atoms with Crippen molar-refractivity contribution in [3.05, 3.63) is 75.6 Å². The quantitative estimate of drug-likeness (QED) is 0.391. The van der Waals surface area contributed by atoms with Crippen molar-refractivity contribution >= 4 is 11.8 Å². The van der Waals surface area contributed by atoms with Gasteiger partial charge in [-0.3, -0.25) is 10.1 Å². The number of non-ortho nitro benzene ring substituents is 1. The number of amides is 1. The molecular formula is C18H15FN2O4. The minimum absolute atomic E-state index is 0.172. The van der Waals surface area contributed by atoms with Crippen molar-refractivity contribution < 1.29 is 18.8 Å². The number of ether oxygens (including phenoxy) is 1. The number of nitrogens with zero attached hydrogens (tertiary/aromatic N) is 1. The van der Waals surface area contributed by atoms with E-state index in [2.05, 4.69) is 17.2 Å². The Hall–Kier alpha value is -3.40. The van der Waals surface area contributed by atoms with Gasteiger partial charge in [0, 0.05) is 24.6 Å². The van der Waals surface area contributed by atoms with Crippen LogP contribution in [-0.4, -0.2) is 17.6 Å². The van der Waals surface area contributed by atoms with Gasteiger partial charge in [0.1, 0.15) is 12.4 Å². The fourth-order valence-electron chi connectivity index (χ4n) is 1.92. The van der Waals surface area contributed by atoms with Crippen molar-refractivity contribution in [3.8, 4) is 11.8 Å². The number of rotatable bonds is 5. The molecule has 6 nitrogen and oxygen atoms in total. The summed E-state index contributed by atoms with van der Waals surface area (Å²) in [7, 11) is 0. The fourth-order valence-corrected chi connectivity index (χ4v) is 1.92. The highest BCUT2D eigenvalue weighted by Crippen LogP contribution is 2.15. The minimum atomic E-state index is -0.721. The third-order valence-electron chi connectivity index (χ3n) is 3.06. The first kappa shape index (κ1) is 17.9. The molecule has 0 unspecified atom stereocenters. The second kappa shape index (κ2) is 9.03. The highest BCUT2D eigenvalue weighted by Gasteiger charge is 2.08. The molecule has 0 radical (unpaired) electrons. The summed E-state index contributed by atoms with van der Waals surface area (Å²) in [6.45, 7) is 0.420. The van der Waals surface area contributed by atoms with Crippen LogP contribution in [0.25, 0.3) is 0 Å². The molecule has 0 bridgehead atoms. The fraction of sp³-hybridized carbons (Fsp3) is 0.167. The predicted octanol–water partition coefficient (Wildman–Crippen LogP) is 3.40. The van der Waals surface area contributed by atoms with Gasteiger partial charge in [0.05, 0.1) is 11.0 Å². The average molecular weight is 342 g/mol. The van der Waals surface area contributed by atoms with Crippen molar-refractivity contribution in [1.29, 1.82) is 0 Å². The summed E-state index contributed by atoms with van der Waals surface area (Å²) in [5, 5.41) is 13.2. The van der Waals surface area contributed by atoms with Crippen LogP contribution in [0.2, 0.25) is 0 Å². The number of nitrogens with one attached hydrogen (secondary N) is 1. The van der Waals surface area contributed by atoms with Gasteiger partial charge in [-0.15, -0.1) is 0 Å². The molecule has 0 aromatic heterocycles. The Kier molecular flexibility index (Phi) is 6.48. The summed E-state index contributed by atoms with van der Waals surface area (Å²) in [6.07, 6.45) is -0.267. The molecule has 25 heavy (non-hydrogen) atoms. The van der Waals surface area contributed by atoms with Gasteiger partial charge >= 0.3 is 6.09 Å². The largest absolute Gasteiger partial charge is 0.445 e. The minimum Gasteiger partial charge on any atom is -0.445 e. The lowest BCUT2D eigenvalue weighted by molar-refractivity contribution is -0.385. The van der Waals surface area contributed by atoms with Gasteiger partial charge in [0.25, 0.3) is 5.69 Å². The maximum atomic E-state index is 13.2. The van der Waals surface area contributed by atoms with Crippen molar-refractivity contribution in [3.63, 3.8) is 0 Å². The van der Waals surface area contributed by atoms with Gasteiger partial charge in [-0.25, -0.2) is 9.18 Å². The van der Waals surface area contributed by atoms with Crippen LogP contribution in [0.3, 0.4) is 0 Å². The van der Waals surface area contributed by atoms with E-state index in [1.165, 1.54) is 6.07 Å². The van der Waals surface area contributed by atoms with Crippen molar-refractivity contribution in [2.75, 3.05) is 6.54 Å². The van der Waals surface area contributed by atoms with Gasteiger partial charge in [-0.2, -0.15) is 0 Å². The van der Waals surface area contributed by atoms with Crippen LogP contribution in [0.4, 0.5) is 14.9 Å². The molecule has 0 heterocycles. The summed E-state index contributed by atoms with van der Waals surface area (Å²) >= 11 is 0. The normalized spacial score (nSPS) is 9.64. The highest BCUT2D eigenvalue weighted by atomic mass is 19.1. The van der Waals surface area contributed by atoms with Crippen LogP contribution in [0.5, 0.6) is 0 Å². The van der Waals surface area contributed by atoms with E-state index < -0.39 is 16.8 Å². The SMILES string of the molecule is O=C(NCCC#Cc1cc(F)cc([N+](=O)[O-])c1)OCc1ccccc1. The first-order valence-electron chi connectivity index (χ1n) is 7.43. The number of hydrogen-bond donors (Lipinski definition) is 1. The van der Waals surface area contributed by atoms with Crippen LogP contribution in [-0.2, 0) is 11.3 Å². The van der Waals surface area contributed by atoms with Crippen LogP contribution in [0, 0.1) is 27.8 Å². The number of nitro benzene ring substituents is 1. The molecule has 0 aliphatic rings. The van der Waals surface area contributed by atoms with E-state index in [-0.39, 0.29) is 24.4 Å². The lowest BCUT2D eigenvalue weighted by atomic mass is 10.2. The number of halogens is 1. The maximum Gasteiger partial charge on any atom is 0.407 e. The predicted molar refractivity (Wildman–Crippen MR) is 89.2 cm³/mol. The molecule has 7 heteroatoms. The molecule has 0 aliphatic heterocycles. The third kappa shape index (κ3) is 6.31. The summed E-state index contributed by atoms with van der Waals surface area (Å²) in [5.74, 6) is 4.62. The first-order valence-corrected chi connectivity index (χ1v) is 7.43. The third-order valence-corrected chi connectivity index (χ3v) is 3.06. The Labute approximate surface area is 143 Å². The molecule has 0 fully saturated rings. The molecular weight excluding hydrogens is 327 g/mol. The Morgan fingerprint density at radius 1 is 1.24 bits per heavy atom. The summed E-state index contributed by atoms with van der Waals surface area (Å²) < 4.78 is 18.3. The van der Waals surface area contributed by atoms with E-state index in [9.17, 15) is 19.3 Å². The van der Waals surface area contributed by atoms with Gasteiger partial charge in [-0.05, 0) is 11.6 Å². The van der Waals surface area contributed by atoms with Crippen molar-refractivity contribution in [2.45, 2.75) is 13.0 Å². The van der Waals surface area contributed by atoms with E-state index in [0.717, 1.165) is 17.7 Å². The first-order chi connectivity index (χ1) is 12.0. The summed E-state index contributed by atoms with van der Waals surface area (Å²) in [4.78, 5) is 21.5. The molecule has 2 aromatic carbocycles. The zero-order valence-corrected chi connectivity index (χ0v) is 13.2. The zero-order valence-electron chi connectivity index (χ0n) is 13.2. The number of carbonyl (C=O) groups excluding carboxylic acids is 1. The zero-order chi connectivity index (χ0) is 18.1. The molecule has 2 rings (SSSR count). The Balaban J connectivity index is 1.75. The highest BCUT2D eigenvalue weighted by molar-refractivity contribution is 5.67. The second-order valence-corrected chi connectivity index (χ2v) is 5.00. The standard InChI is InChI=1S/C18H15FN2O4/c19-16-10-15(11-17(12-16)21(23)24)8-4-5-9-20-18(22)25-13-14-6-2-1-3-7-14/h1-3,6-7,10-12H,5,9,13H2,(H,20,22). The molecule has 0 aliphatic carbocycles. The monoisotopic (exact) mass is 342 g/mol. The van der Waals surface area contributed by atoms with Crippen LogP contribution < -0.4 is 5.32 Å². The Morgan fingerprint density at radius 2 is 2.00 bits per heavy atom. The molecule has 0 atom stereocenters. The van der Waals surface area contributed by atoms with Crippen LogP contribution in [0.15, 0.2) is 48.5 Å². The van der Waals surface area contributed by atoms with E-state index in [1.54, 1.807) is 0 Å². The van der Waals surface area contributed by atoms with E-state index in [0.29, 0.717) is 6.42 Å². The molecule has 0 saturated heterocycles. The van der Waals surface area contributed by atoms with Gasteiger partial charge in [-0.1, -0.05) is 42.2 Å². The number of hydrogen-bond acceptors (Lipinski definition) is 4. The van der Waals surface area contributed by atoms with Crippen LogP contribution in [0.1, 0.15) is 17.5 Å². The lowest BCUT2D eigenvalue weighted by Gasteiger charge is -2.05. The maximum absolute atomic E-state index is 13.2. The smallest absolute Gasteiger partial charge is 0.407 e. The molecule has 1 amide bonds. The summed E-state index contributed by atoms with van der Waals surface area (Å²) in [6, 6.07) is 12.4. The molecule has 1 N–H and O–H groups in total. The van der Waals surface area contributed by atoms with Gasteiger partial charge in [0.2, 0.25) is 0 Å². The Bertz CT molecular complexity index is 813. The molecule has 0 spiro atoms. The number of alkyl carbamates (subject to hydrolysis) is 1. The van der Waals surface area contributed by atoms with Gasteiger partial charge in [0.15, 0.2) is 0 Å². The Morgan fingerprint density at radius 3 is 2.72 bits per heavy atom. The van der Waals surface area contributed by atoms with E-state index >= 15 is 0 Å². The van der Waals surface area contributed by atoms with Crippen molar-refractivity contribution in [2.24, 2.45) is 0 Å². The number of nitro groups is 1.